The van der Waals surface area contributed by atoms with Crippen molar-refractivity contribution in [3.05, 3.63) is 54.2 Å². The number of rotatable bonds is 3. The van der Waals surface area contributed by atoms with Crippen LogP contribution in [0, 0.1) is 0 Å². The third-order valence-corrected chi connectivity index (χ3v) is 2.76. The summed E-state index contributed by atoms with van der Waals surface area (Å²) in [6.45, 7) is 0.308. The molecule has 0 unspecified atom stereocenters. The van der Waals surface area contributed by atoms with Crippen LogP contribution in [-0.4, -0.2) is 26.1 Å². The van der Waals surface area contributed by atoms with Crippen LogP contribution in [0.15, 0.2) is 42.9 Å². The van der Waals surface area contributed by atoms with E-state index in [-0.39, 0.29) is 5.91 Å². The van der Waals surface area contributed by atoms with E-state index in [1.54, 1.807) is 12.3 Å². The molecule has 1 aromatic carbocycles. The molecule has 3 rings (SSSR count). The third-order valence-electron chi connectivity index (χ3n) is 2.76. The fraction of sp³-hybridized carbons (Fsp3) is 0.0769. The van der Waals surface area contributed by atoms with E-state index >= 15 is 0 Å². The van der Waals surface area contributed by atoms with Gasteiger partial charge >= 0.3 is 0 Å². The molecule has 2 N–H and O–H groups in total. The Morgan fingerprint density at radius 2 is 2.11 bits per heavy atom. The summed E-state index contributed by atoms with van der Waals surface area (Å²) in [5, 5.41) is 10.1. The van der Waals surface area contributed by atoms with Gasteiger partial charge in [0.15, 0.2) is 0 Å². The number of pyridine rings is 1. The van der Waals surface area contributed by atoms with E-state index in [0.717, 1.165) is 5.39 Å². The van der Waals surface area contributed by atoms with Gasteiger partial charge in [0.2, 0.25) is 0 Å². The Morgan fingerprint density at radius 1 is 1.21 bits per heavy atom. The molecule has 1 amide bonds. The van der Waals surface area contributed by atoms with Crippen molar-refractivity contribution in [3.63, 3.8) is 0 Å². The average molecular weight is 253 g/mol. The fourth-order valence-electron chi connectivity index (χ4n) is 1.86. The number of hydrogen-bond donors (Lipinski definition) is 2. The summed E-state index contributed by atoms with van der Waals surface area (Å²) < 4.78 is 0. The lowest BCUT2D eigenvalue weighted by Crippen LogP contribution is -2.23. The first-order chi connectivity index (χ1) is 9.34. The zero-order valence-electron chi connectivity index (χ0n) is 10.00. The van der Waals surface area contributed by atoms with Crippen molar-refractivity contribution in [1.82, 2.24) is 25.5 Å². The van der Waals surface area contributed by atoms with Crippen LogP contribution >= 0.6 is 0 Å². The number of aromatic nitrogens is 4. The number of fused-ring (bicyclic) bond motifs is 1. The van der Waals surface area contributed by atoms with E-state index in [1.807, 2.05) is 24.3 Å². The summed E-state index contributed by atoms with van der Waals surface area (Å²) >= 11 is 0. The summed E-state index contributed by atoms with van der Waals surface area (Å²) in [5.41, 5.74) is 1.25. The fourth-order valence-corrected chi connectivity index (χ4v) is 1.86. The minimum absolute atomic E-state index is 0.180. The summed E-state index contributed by atoms with van der Waals surface area (Å²) in [6.07, 6.45) is 3.08. The number of carbonyl (C=O) groups excluding carboxylic acids is 1. The maximum atomic E-state index is 12.1. The number of nitrogens with zero attached hydrogens (tertiary/aromatic N) is 3. The van der Waals surface area contributed by atoms with E-state index in [2.05, 4.69) is 25.5 Å². The van der Waals surface area contributed by atoms with Crippen molar-refractivity contribution in [2.24, 2.45) is 0 Å². The molecule has 0 aliphatic rings. The molecule has 0 aliphatic heterocycles. The zero-order valence-corrected chi connectivity index (χ0v) is 10.00. The molecule has 3 aromatic rings. The maximum Gasteiger partial charge on any atom is 0.253 e. The van der Waals surface area contributed by atoms with Crippen LogP contribution in [0.1, 0.15) is 16.2 Å². The van der Waals surface area contributed by atoms with Gasteiger partial charge < -0.3 is 5.32 Å². The Kier molecular flexibility index (Phi) is 2.89. The van der Waals surface area contributed by atoms with Gasteiger partial charge in [0.25, 0.3) is 5.91 Å². The lowest BCUT2D eigenvalue weighted by atomic mass is 10.1. The van der Waals surface area contributed by atoms with Gasteiger partial charge in [-0.25, -0.2) is 4.98 Å². The van der Waals surface area contributed by atoms with Crippen molar-refractivity contribution in [1.29, 1.82) is 0 Å². The normalized spacial score (nSPS) is 10.5. The number of amides is 1. The van der Waals surface area contributed by atoms with Gasteiger partial charge in [0.1, 0.15) is 12.2 Å². The number of hydrogen-bond acceptors (Lipinski definition) is 4. The summed E-state index contributed by atoms with van der Waals surface area (Å²) in [6, 6.07) is 9.29. The molecule has 6 nitrogen and oxygen atoms in total. The Balaban J connectivity index is 1.85. The highest BCUT2D eigenvalue weighted by Gasteiger charge is 2.10. The minimum atomic E-state index is -0.180. The second-order valence-electron chi connectivity index (χ2n) is 4.00. The van der Waals surface area contributed by atoms with Crippen LogP contribution in [0.5, 0.6) is 0 Å². The molecule has 0 saturated heterocycles. The SMILES string of the molecule is O=C(NCc1ncn[nH]1)c1cccc2cccnc12. The number of nitrogens with one attached hydrogen (secondary N) is 2. The molecule has 94 valence electrons. The van der Waals surface area contributed by atoms with Crippen molar-refractivity contribution in [3.8, 4) is 0 Å². The van der Waals surface area contributed by atoms with Crippen LogP contribution in [0.25, 0.3) is 10.9 Å². The van der Waals surface area contributed by atoms with Crippen LogP contribution < -0.4 is 5.32 Å². The molecule has 2 heterocycles. The van der Waals surface area contributed by atoms with Crippen LogP contribution in [0.3, 0.4) is 0 Å². The van der Waals surface area contributed by atoms with Gasteiger partial charge in [-0.2, -0.15) is 5.10 Å². The Hall–Kier alpha value is -2.76. The average Bonchev–Trinajstić information content (AvgIpc) is 2.97. The molecule has 2 aromatic heterocycles. The number of para-hydroxylation sites is 1. The standard InChI is InChI=1S/C13H11N5O/c19-13(15-7-11-16-8-17-18-11)10-5-1-3-9-4-2-6-14-12(9)10/h1-6,8H,7H2,(H,15,19)(H,16,17,18). The van der Waals surface area contributed by atoms with Gasteiger partial charge in [-0.05, 0) is 12.1 Å². The number of H-pyrrole nitrogens is 1. The number of carbonyl (C=O) groups is 1. The third kappa shape index (κ3) is 2.28. The molecule has 0 bridgehead atoms. The second kappa shape index (κ2) is 4.85. The first-order valence-electron chi connectivity index (χ1n) is 5.81. The topological polar surface area (TPSA) is 83.6 Å². The smallest absolute Gasteiger partial charge is 0.253 e. The number of benzene rings is 1. The van der Waals surface area contributed by atoms with Crippen molar-refractivity contribution >= 4 is 16.8 Å². The molecule has 19 heavy (non-hydrogen) atoms. The highest BCUT2D eigenvalue weighted by Crippen LogP contribution is 2.15. The van der Waals surface area contributed by atoms with Crippen molar-refractivity contribution < 1.29 is 4.79 Å². The molecule has 6 heteroatoms. The monoisotopic (exact) mass is 253 g/mol. The Morgan fingerprint density at radius 3 is 2.95 bits per heavy atom. The van der Waals surface area contributed by atoms with Gasteiger partial charge in [-0.15, -0.1) is 0 Å². The molecule has 0 aliphatic carbocycles. The van der Waals surface area contributed by atoms with Crippen LogP contribution in [-0.2, 0) is 6.54 Å². The van der Waals surface area contributed by atoms with Crippen molar-refractivity contribution in [2.45, 2.75) is 6.54 Å². The van der Waals surface area contributed by atoms with E-state index in [4.69, 9.17) is 0 Å². The molecule has 0 radical (unpaired) electrons. The maximum absolute atomic E-state index is 12.1. The summed E-state index contributed by atoms with van der Waals surface area (Å²) in [4.78, 5) is 20.3. The quantitative estimate of drug-likeness (QED) is 0.736. The van der Waals surface area contributed by atoms with E-state index in [1.165, 1.54) is 6.33 Å². The van der Waals surface area contributed by atoms with E-state index in [0.29, 0.717) is 23.4 Å². The Bertz CT molecular complexity index is 703. The van der Waals surface area contributed by atoms with Gasteiger partial charge in [0.05, 0.1) is 17.6 Å². The molecular weight excluding hydrogens is 242 g/mol. The van der Waals surface area contributed by atoms with Gasteiger partial charge in [-0.1, -0.05) is 18.2 Å². The lowest BCUT2D eigenvalue weighted by molar-refractivity contribution is 0.0951. The van der Waals surface area contributed by atoms with Gasteiger partial charge in [0, 0.05) is 11.6 Å². The number of aromatic amines is 1. The predicted molar refractivity (Wildman–Crippen MR) is 69.3 cm³/mol. The lowest BCUT2D eigenvalue weighted by Gasteiger charge is -2.05. The zero-order chi connectivity index (χ0) is 13.1. The molecule has 0 atom stereocenters. The highest BCUT2D eigenvalue weighted by atomic mass is 16.1. The molecule has 0 spiro atoms. The minimum Gasteiger partial charge on any atom is -0.345 e. The van der Waals surface area contributed by atoms with Gasteiger partial charge in [-0.3, -0.25) is 14.9 Å². The second-order valence-corrected chi connectivity index (χ2v) is 4.00. The van der Waals surface area contributed by atoms with E-state index in [9.17, 15) is 4.79 Å². The first kappa shape index (κ1) is 11.3. The summed E-state index contributed by atoms with van der Waals surface area (Å²) in [7, 11) is 0. The predicted octanol–water partition coefficient (Wildman–Crippen LogP) is 1.28. The largest absolute Gasteiger partial charge is 0.345 e. The van der Waals surface area contributed by atoms with Crippen LogP contribution in [0.4, 0.5) is 0 Å². The first-order valence-corrected chi connectivity index (χ1v) is 5.81. The molecular formula is C13H11N5O. The molecule has 0 fully saturated rings. The van der Waals surface area contributed by atoms with Crippen molar-refractivity contribution in [2.75, 3.05) is 0 Å². The Labute approximate surface area is 108 Å². The summed E-state index contributed by atoms with van der Waals surface area (Å²) in [5.74, 6) is 0.433. The van der Waals surface area contributed by atoms with E-state index < -0.39 is 0 Å². The molecule has 0 saturated carbocycles. The van der Waals surface area contributed by atoms with Crippen LogP contribution in [0.2, 0.25) is 0 Å². The highest BCUT2D eigenvalue weighted by molar-refractivity contribution is 6.05.